The molecule has 0 aliphatic carbocycles. The van der Waals surface area contributed by atoms with Gasteiger partial charge in [-0.25, -0.2) is 0 Å². The first-order valence-corrected chi connectivity index (χ1v) is 6.15. The summed E-state index contributed by atoms with van der Waals surface area (Å²) in [6.07, 6.45) is 1.42. The standard InChI is InChI=1S/C14H20N2O/c1-3-14(15)9-16(10-14)13(17)8-12-7-5-4-6-11(12)2/h4-7H,3,8-10,15H2,1-2H3. The molecule has 1 amide bonds. The minimum atomic E-state index is -0.138. The molecule has 2 N–H and O–H groups in total. The van der Waals surface area contributed by atoms with Crippen molar-refractivity contribution >= 4 is 5.91 Å². The summed E-state index contributed by atoms with van der Waals surface area (Å²) in [6.45, 7) is 5.52. The molecule has 0 saturated carbocycles. The maximum atomic E-state index is 12.0. The minimum Gasteiger partial charge on any atom is -0.339 e. The maximum absolute atomic E-state index is 12.0. The molecule has 1 aromatic rings. The second kappa shape index (κ2) is 4.49. The highest BCUT2D eigenvalue weighted by atomic mass is 16.2. The predicted molar refractivity (Wildman–Crippen MR) is 68.7 cm³/mol. The van der Waals surface area contributed by atoms with E-state index < -0.39 is 0 Å². The molecule has 17 heavy (non-hydrogen) atoms. The van der Waals surface area contributed by atoms with Crippen molar-refractivity contribution in [3.63, 3.8) is 0 Å². The maximum Gasteiger partial charge on any atom is 0.227 e. The summed E-state index contributed by atoms with van der Waals surface area (Å²) in [5, 5.41) is 0. The average Bonchev–Trinajstić information content (AvgIpc) is 2.28. The van der Waals surface area contributed by atoms with Crippen LogP contribution in [0.2, 0.25) is 0 Å². The summed E-state index contributed by atoms with van der Waals surface area (Å²) < 4.78 is 0. The fraction of sp³-hybridized carbons (Fsp3) is 0.500. The van der Waals surface area contributed by atoms with Gasteiger partial charge in [-0.2, -0.15) is 0 Å². The van der Waals surface area contributed by atoms with Crippen LogP contribution in [0.5, 0.6) is 0 Å². The van der Waals surface area contributed by atoms with E-state index in [9.17, 15) is 4.79 Å². The van der Waals surface area contributed by atoms with Crippen molar-refractivity contribution in [2.24, 2.45) is 5.73 Å². The molecule has 1 aromatic carbocycles. The molecule has 2 rings (SSSR count). The topological polar surface area (TPSA) is 46.3 Å². The lowest BCUT2D eigenvalue weighted by molar-refractivity contribution is -0.138. The van der Waals surface area contributed by atoms with Crippen molar-refractivity contribution in [3.05, 3.63) is 35.4 Å². The number of rotatable bonds is 3. The van der Waals surface area contributed by atoms with E-state index in [0.717, 1.165) is 12.0 Å². The summed E-state index contributed by atoms with van der Waals surface area (Å²) in [5.74, 6) is 0.189. The number of nitrogens with two attached hydrogens (primary N) is 1. The molecule has 0 unspecified atom stereocenters. The van der Waals surface area contributed by atoms with Crippen LogP contribution in [0.4, 0.5) is 0 Å². The van der Waals surface area contributed by atoms with Gasteiger partial charge in [0, 0.05) is 13.1 Å². The Morgan fingerprint density at radius 2 is 2.06 bits per heavy atom. The third-order valence-electron chi connectivity index (χ3n) is 3.67. The summed E-state index contributed by atoms with van der Waals surface area (Å²) in [5.41, 5.74) is 8.21. The molecule has 3 heteroatoms. The first kappa shape index (κ1) is 12.1. The zero-order valence-electron chi connectivity index (χ0n) is 10.6. The Hall–Kier alpha value is -1.35. The van der Waals surface area contributed by atoms with E-state index in [2.05, 4.69) is 6.92 Å². The Kier molecular flexibility index (Phi) is 3.20. The number of benzene rings is 1. The van der Waals surface area contributed by atoms with Gasteiger partial charge in [0.25, 0.3) is 0 Å². The molecule has 3 nitrogen and oxygen atoms in total. The minimum absolute atomic E-state index is 0.138. The van der Waals surface area contributed by atoms with Crippen molar-refractivity contribution in [2.45, 2.75) is 32.2 Å². The number of carbonyl (C=O) groups excluding carboxylic acids is 1. The average molecular weight is 232 g/mol. The first-order valence-electron chi connectivity index (χ1n) is 6.15. The molecule has 1 saturated heterocycles. The quantitative estimate of drug-likeness (QED) is 0.858. The van der Waals surface area contributed by atoms with Crippen molar-refractivity contribution < 1.29 is 4.79 Å². The molecule has 0 radical (unpaired) electrons. The predicted octanol–water partition coefficient (Wildman–Crippen LogP) is 1.49. The Bertz CT molecular complexity index is 422. The normalized spacial score (nSPS) is 17.7. The zero-order chi connectivity index (χ0) is 12.5. The molecule has 0 aromatic heterocycles. The highest BCUT2D eigenvalue weighted by Gasteiger charge is 2.40. The fourth-order valence-electron chi connectivity index (χ4n) is 2.20. The van der Waals surface area contributed by atoms with Gasteiger partial charge in [0.1, 0.15) is 0 Å². The van der Waals surface area contributed by atoms with Gasteiger partial charge in [0.05, 0.1) is 12.0 Å². The monoisotopic (exact) mass is 232 g/mol. The van der Waals surface area contributed by atoms with Crippen LogP contribution in [-0.4, -0.2) is 29.4 Å². The molecule has 92 valence electrons. The molecule has 0 spiro atoms. The van der Waals surface area contributed by atoms with E-state index in [-0.39, 0.29) is 11.4 Å². The van der Waals surface area contributed by atoms with E-state index in [1.54, 1.807) is 0 Å². The van der Waals surface area contributed by atoms with E-state index in [0.29, 0.717) is 19.5 Å². The third kappa shape index (κ3) is 2.50. The van der Waals surface area contributed by atoms with Gasteiger partial charge in [-0.1, -0.05) is 31.2 Å². The van der Waals surface area contributed by atoms with Gasteiger partial charge in [0.2, 0.25) is 5.91 Å². The van der Waals surface area contributed by atoms with Crippen LogP contribution in [0.1, 0.15) is 24.5 Å². The molecule has 0 bridgehead atoms. The van der Waals surface area contributed by atoms with E-state index in [1.807, 2.05) is 36.1 Å². The van der Waals surface area contributed by atoms with Crippen LogP contribution in [0.15, 0.2) is 24.3 Å². The molecule has 1 aliphatic rings. The van der Waals surface area contributed by atoms with Crippen LogP contribution in [0, 0.1) is 6.92 Å². The smallest absolute Gasteiger partial charge is 0.227 e. The lowest BCUT2D eigenvalue weighted by Gasteiger charge is -2.47. The SMILES string of the molecule is CCC1(N)CN(C(=O)Cc2ccccc2C)C1. The second-order valence-corrected chi connectivity index (χ2v) is 5.07. The second-order valence-electron chi connectivity index (χ2n) is 5.07. The molecule has 1 fully saturated rings. The number of nitrogens with zero attached hydrogens (tertiary/aromatic N) is 1. The van der Waals surface area contributed by atoms with Crippen molar-refractivity contribution in [1.82, 2.24) is 4.90 Å². The summed E-state index contributed by atoms with van der Waals surface area (Å²) in [4.78, 5) is 13.9. The third-order valence-corrected chi connectivity index (χ3v) is 3.67. The number of hydrogen-bond acceptors (Lipinski definition) is 2. The summed E-state index contributed by atoms with van der Waals surface area (Å²) in [6, 6.07) is 8.03. The van der Waals surface area contributed by atoms with Crippen molar-refractivity contribution in [3.8, 4) is 0 Å². The highest BCUT2D eigenvalue weighted by Crippen LogP contribution is 2.22. The van der Waals surface area contributed by atoms with Gasteiger partial charge in [-0.05, 0) is 24.5 Å². The molecule has 1 aliphatic heterocycles. The summed E-state index contributed by atoms with van der Waals surface area (Å²) >= 11 is 0. The van der Waals surface area contributed by atoms with Crippen LogP contribution in [0.25, 0.3) is 0 Å². The molecular weight excluding hydrogens is 212 g/mol. The number of hydrogen-bond donors (Lipinski definition) is 1. The van der Waals surface area contributed by atoms with Crippen molar-refractivity contribution in [1.29, 1.82) is 0 Å². The van der Waals surface area contributed by atoms with Crippen LogP contribution in [0.3, 0.4) is 0 Å². The fourth-order valence-corrected chi connectivity index (χ4v) is 2.20. The van der Waals surface area contributed by atoms with Gasteiger partial charge in [-0.3, -0.25) is 4.79 Å². The van der Waals surface area contributed by atoms with E-state index in [4.69, 9.17) is 5.73 Å². The van der Waals surface area contributed by atoms with Gasteiger partial charge in [-0.15, -0.1) is 0 Å². The number of likely N-dealkylation sites (tertiary alicyclic amines) is 1. The van der Waals surface area contributed by atoms with Crippen LogP contribution in [-0.2, 0) is 11.2 Å². The molecule has 1 heterocycles. The lowest BCUT2D eigenvalue weighted by Crippen LogP contribution is -2.68. The van der Waals surface area contributed by atoms with Crippen LogP contribution < -0.4 is 5.73 Å². The molecular formula is C14H20N2O. The number of amides is 1. The number of carbonyl (C=O) groups is 1. The van der Waals surface area contributed by atoms with Gasteiger partial charge >= 0.3 is 0 Å². The van der Waals surface area contributed by atoms with E-state index in [1.165, 1.54) is 5.56 Å². The van der Waals surface area contributed by atoms with Crippen LogP contribution >= 0.6 is 0 Å². The Balaban J connectivity index is 1.94. The van der Waals surface area contributed by atoms with Crippen molar-refractivity contribution in [2.75, 3.05) is 13.1 Å². The van der Waals surface area contributed by atoms with Gasteiger partial charge in [0.15, 0.2) is 0 Å². The Morgan fingerprint density at radius 1 is 1.41 bits per heavy atom. The van der Waals surface area contributed by atoms with Gasteiger partial charge < -0.3 is 10.6 Å². The number of aryl methyl sites for hydroxylation is 1. The summed E-state index contributed by atoms with van der Waals surface area (Å²) in [7, 11) is 0. The van der Waals surface area contributed by atoms with E-state index >= 15 is 0 Å². The molecule has 0 atom stereocenters. The lowest BCUT2D eigenvalue weighted by atomic mass is 9.87. The Morgan fingerprint density at radius 3 is 2.65 bits per heavy atom. The highest BCUT2D eigenvalue weighted by molar-refractivity contribution is 5.80. The Labute approximate surface area is 103 Å². The zero-order valence-corrected chi connectivity index (χ0v) is 10.6. The largest absolute Gasteiger partial charge is 0.339 e. The first-order chi connectivity index (χ1) is 8.04.